The highest BCUT2D eigenvalue weighted by Crippen LogP contribution is 2.49. The molecular weight excluding hydrogens is 329 g/mol. The molecule has 8 heteroatoms. The number of aliphatic hydroxyl groups excluding tert-OH is 1. The van der Waals surface area contributed by atoms with Crippen LogP contribution in [0.15, 0.2) is 24.3 Å². The Hall–Kier alpha value is -1.31. The summed E-state index contributed by atoms with van der Waals surface area (Å²) >= 11 is 0. The van der Waals surface area contributed by atoms with Gasteiger partial charge in [-0.2, -0.15) is 30.7 Å². The zero-order valence-electron chi connectivity index (χ0n) is 12.7. The first-order valence-corrected chi connectivity index (χ1v) is 6.70. The van der Waals surface area contributed by atoms with Crippen molar-refractivity contribution >= 4 is 0 Å². The van der Waals surface area contributed by atoms with Gasteiger partial charge in [0.25, 0.3) is 0 Å². The van der Waals surface area contributed by atoms with Crippen LogP contribution in [0.1, 0.15) is 44.4 Å². The molecule has 23 heavy (non-hydrogen) atoms. The average Bonchev–Trinajstić information content (AvgIpc) is 2.35. The van der Waals surface area contributed by atoms with Crippen LogP contribution in [0.5, 0.6) is 0 Å². The zero-order chi connectivity index (χ0) is 18.3. The maximum Gasteiger partial charge on any atom is 0.459 e. The highest BCUT2D eigenvalue weighted by Gasteiger charge is 2.72. The van der Waals surface area contributed by atoms with Crippen molar-refractivity contribution in [3.63, 3.8) is 0 Å². The van der Waals surface area contributed by atoms with Gasteiger partial charge in [0.1, 0.15) is 0 Å². The van der Waals surface area contributed by atoms with Crippen LogP contribution in [0, 0.1) is 0 Å². The number of alkyl halides is 7. The molecule has 0 saturated heterocycles. The summed E-state index contributed by atoms with van der Waals surface area (Å²) in [6.45, 7) is 5.39. The van der Waals surface area contributed by atoms with Crippen LogP contribution in [0.3, 0.4) is 0 Å². The summed E-state index contributed by atoms with van der Waals surface area (Å²) in [5.41, 5.74) is 0.0729. The quantitative estimate of drug-likeness (QED) is 0.739. The Morgan fingerprint density at radius 1 is 0.957 bits per heavy atom. The van der Waals surface area contributed by atoms with Crippen LogP contribution in [0.4, 0.5) is 30.7 Å². The Kier molecular flexibility index (Phi) is 5.11. The van der Waals surface area contributed by atoms with Gasteiger partial charge in [0.15, 0.2) is 0 Å². The van der Waals surface area contributed by atoms with Gasteiger partial charge >= 0.3 is 18.0 Å². The van der Waals surface area contributed by atoms with E-state index in [1.165, 1.54) is 18.2 Å². The minimum absolute atomic E-state index is 0.143. The van der Waals surface area contributed by atoms with Crippen molar-refractivity contribution in [1.29, 1.82) is 0 Å². The molecule has 0 aromatic heterocycles. The van der Waals surface area contributed by atoms with Crippen LogP contribution in [0.25, 0.3) is 0 Å². The topological polar surface area (TPSA) is 20.2 Å². The molecule has 0 aliphatic carbocycles. The van der Waals surface area contributed by atoms with Gasteiger partial charge in [0.2, 0.25) is 0 Å². The van der Waals surface area contributed by atoms with E-state index in [2.05, 4.69) is 0 Å². The fourth-order valence-electron chi connectivity index (χ4n) is 1.91. The standard InChI is InChI=1S/C15H17F7O/c1-12(2,3)10-6-4-5-9(7-10)11(23)8-13(16,17)14(18,19)15(20,21)22/h4-7,11,23H,8H2,1-3H3. The van der Waals surface area contributed by atoms with Crippen molar-refractivity contribution in [2.45, 2.75) is 56.7 Å². The Bertz CT molecular complexity index is 543. The van der Waals surface area contributed by atoms with Crippen molar-refractivity contribution in [2.75, 3.05) is 0 Å². The van der Waals surface area contributed by atoms with E-state index >= 15 is 0 Å². The summed E-state index contributed by atoms with van der Waals surface area (Å²) in [5, 5.41) is 9.69. The molecule has 0 heterocycles. The SMILES string of the molecule is CC(C)(C)c1cccc(C(O)CC(F)(F)C(F)(F)C(F)(F)F)c1. The molecule has 0 spiro atoms. The lowest BCUT2D eigenvalue weighted by Crippen LogP contribution is -2.52. The second-order valence-corrected chi connectivity index (χ2v) is 6.37. The molecule has 1 unspecified atom stereocenters. The van der Waals surface area contributed by atoms with Gasteiger partial charge in [-0.05, 0) is 16.5 Å². The first-order valence-electron chi connectivity index (χ1n) is 6.70. The summed E-state index contributed by atoms with van der Waals surface area (Å²) in [5.74, 6) is -11.6. The number of benzene rings is 1. The molecule has 1 aromatic rings. The molecule has 1 nitrogen and oxygen atoms in total. The third-order valence-electron chi connectivity index (χ3n) is 3.40. The lowest BCUT2D eigenvalue weighted by molar-refractivity contribution is -0.358. The molecule has 1 N–H and O–H groups in total. The van der Waals surface area contributed by atoms with Crippen LogP contribution in [0.2, 0.25) is 0 Å². The van der Waals surface area contributed by atoms with Crippen LogP contribution < -0.4 is 0 Å². The minimum atomic E-state index is -6.40. The van der Waals surface area contributed by atoms with Crippen LogP contribution >= 0.6 is 0 Å². The molecular formula is C15H17F7O. The third kappa shape index (κ3) is 4.16. The van der Waals surface area contributed by atoms with Gasteiger partial charge in [-0.3, -0.25) is 0 Å². The molecule has 1 atom stereocenters. The Morgan fingerprint density at radius 2 is 1.48 bits per heavy atom. The van der Waals surface area contributed by atoms with Crippen molar-refractivity contribution < 1.29 is 35.8 Å². The van der Waals surface area contributed by atoms with E-state index in [1.54, 1.807) is 26.8 Å². The summed E-state index contributed by atoms with van der Waals surface area (Å²) in [4.78, 5) is 0. The minimum Gasteiger partial charge on any atom is -0.388 e. The van der Waals surface area contributed by atoms with Crippen molar-refractivity contribution in [3.05, 3.63) is 35.4 Å². The molecule has 0 fully saturated rings. The summed E-state index contributed by atoms with van der Waals surface area (Å²) in [7, 11) is 0. The maximum atomic E-state index is 13.3. The smallest absolute Gasteiger partial charge is 0.388 e. The van der Waals surface area contributed by atoms with Gasteiger partial charge in [-0.1, -0.05) is 45.0 Å². The first-order chi connectivity index (χ1) is 10.1. The average molecular weight is 346 g/mol. The largest absolute Gasteiger partial charge is 0.459 e. The second kappa shape index (κ2) is 5.96. The summed E-state index contributed by atoms with van der Waals surface area (Å²) < 4.78 is 88.7. The molecule has 0 saturated carbocycles. The normalized spacial score (nSPS) is 15.6. The third-order valence-corrected chi connectivity index (χ3v) is 3.40. The van der Waals surface area contributed by atoms with E-state index in [0.717, 1.165) is 0 Å². The first kappa shape index (κ1) is 19.7. The number of aliphatic hydroxyl groups is 1. The number of rotatable bonds is 4. The number of hydrogen-bond donors (Lipinski definition) is 1. The highest BCUT2D eigenvalue weighted by atomic mass is 19.4. The molecule has 0 aliphatic heterocycles. The Balaban J connectivity index is 3.06. The lowest BCUT2D eigenvalue weighted by atomic mass is 9.85. The van der Waals surface area contributed by atoms with Gasteiger partial charge in [0, 0.05) is 6.42 Å². The van der Waals surface area contributed by atoms with E-state index in [0.29, 0.717) is 5.56 Å². The van der Waals surface area contributed by atoms with E-state index in [4.69, 9.17) is 0 Å². The molecule has 1 aromatic carbocycles. The molecule has 1 rings (SSSR count). The van der Waals surface area contributed by atoms with Gasteiger partial charge < -0.3 is 5.11 Å². The van der Waals surface area contributed by atoms with Gasteiger partial charge in [-0.15, -0.1) is 0 Å². The van der Waals surface area contributed by atoms with Crippen molar-refractivity contribution in [3.8, 4) is 0 Å². The number of halogens is 7. The van der Waals surface area contributed by atoms with Gasteiger partial charge in [-0.25, -0.2) is 0 Å². The number of hydrogen-bond acceptors (Lipinski definition) is 1. The Labute approximate surface area is 129 Å². The molecule has 0 aliphatic rings. The van der Waals surface area contributed by atoms with E-state index in [-0.39, 0.29) is 5.56 Å². The van der Waals surface area contributed by atoms with E-state index < -0.39 is 36.0 Å². The molecule has 0 bridgehead atoms. The van der Waals surface area contributed by atoms with E-state index in [9.17, 15) is 35.8 Å². The predicted octanol–water partition coefficient (Wildman–Crippen LogP) is 5.24. The predicted molar refractivity (Wildman–Crippen MR) is 70.7 cm³/mol. The highest BCUT2D eigenvalue weighted by molar-refractivity contribution is 5.30. The molecule has 0 amide bonds. The Morgan fingerprint density at radius 3 is 1.91 bits per heavy atom. The fourth-order valence-corrected chi connectivity index (χ4v) is 1.91. The maximum absolute atomic E-state index is 13.3. The lowest BCUT2D eigenvalue weighted by Gasteiger charge is -2.30. The summed E-state index contributed by atoms with van der Waals surface area (Å²) in [6, 6.07) is 5.56. The monoisotopic (exact) mass is 346 g/mol. The van der Waals surface area contributed by atoms with Gasteiger partial charge in [0.05, 0.1) is 6.10 Å². The fraction of sp³-hybridized carbons (Fsp3) is 0.600. The molecule has 0 radical (unpaired) electrons. The second-order valence-electron chi connectivity index (χ2n) is 6.37. The van der Waals surface area contributed by atoms with Crippen molar-refractivity contribution in [2.24, 2.45) is 0 Å². The zero-order valence-corrected chi connectivity index (χ0v) is 12.7. The van der Waals surface area contributed by atoms with Crippen molar-refractivity contribution in [1.82, 2.24) is 0 Å². The van der Waals surface area contributed by atoms with Crippen LogP contribution in [-0.4, -0.2) is 23.1 Å². The van der Waals surface area contributed by atoms with Crippen LogP contribution in [-0.2, 0) is 5.41 Å². The molecule has 132 valence electrons. The summed E-state index contributed by atoms with van der Waals surface area (Å²) in [6.07, 6.45) is -10.6. The van der Waals surface area contributed by atoms with E-state index in [1.807, 2.05) is 0 Å².